The number of aryl methyl sites for hydroxylation is 1. The van der Waals surface area contributed by atoms with E-state index in [1.54, 1.807) is 53.7 Å². The number of hydrogen-bond donors (Lipinski definition) is 0. The van der Waals surface area contributed by atoms with E-state index in [4.69, 9.17) is 14.0 Å². The van der Waals surface area contributed by atoms with E-state index in [9.17, 15) is 9.59 Å². The van der Waals surface area contributed by atoms with Gasteiger partial charge in [-0.15, -0.1) is 0 Å². The molecule has 1 aromatic heterocycles. The van der Waals surface area contributed by atoms with Gasteiger partial charge < -0.3 is 14.0 Å². The summed E-state index contributed by atoms with van der Waals surface area (Å²) in [5, 5.41) is 4.41. The molecule has 0 aliphatic rings. The molecule has 0 fully saturated rings. The Hall–Kier alpha value is -2.57. The Kier molecular flexibility index (Phi) is 4.79. The van der Waals surface area contributed by atoms with Crippen LogP contribution in [0.3, 0.4) is 0 Å². The first kappa shape index (κ1) is 18.8. The number of fused-ring (bicyclic) bond motifs is 1. The van der Waals surface area contributed by atoms with Crippen LogP contribution in [0.1, 0.15) is 47.1 Å². The van der Waals surface area contributed by atoms with Crippen LogP contribution in [0.2, 0.25) is 0 Å². The second-order valence-corrected chi connectivity index (χ2v) is 7.80. The van der Waals surface area contributed by atoms with Crippen molar-refractivity contribution in [3.63, 3.8) is 0 Å². The van der Waals surface area contributed by atoms with E-state index in [-0.39, 0.29) is 5.82 Å². The second-order valence-electron chi connectivity index (χ2n) is 7.80. The number of rotatable bonds is 1. The molecular formula is C18H24N2O5. The molecule has 0 aliphatic heterocycles. The van der Waals surface area contributed by atoms with E-state index in [0.29, 0.717) is 11.0 Å². The Morgan fingerprint density at radius 2 is 1.52 bits per heavy atom. The van der Waals surface area contributed by atoms with E-state index in [1.165, 1.54) is 0 Å². The number of ether oxygens (including phenoxy) is 2. The molecule has 7 heteroatoms. The largest absolute Gasteiger partial charge is 0.443 e. The van der Waals surface area contributed by atoms with E-state index in [2.05, 4.69) is 5.16 Å². The van der Waals surface area contributed by atoms with E-state index in [1.807, 2.05) is 13.0 Å². The van der Waals surface area contributed by atoms with Gasteiger partial charge in [-0.3, -0.25) is 0 Å². The predicted molar refractivity (Wildman–Crippen MR) is 93.7 cm³/mol. The summed E-state index contributed by atoms with van der Waals surface area (Å²) < 4.78 is 15.9. The molecule has 7 nitrogen and oxygen atoms in total. The number of anilines is 1. The van der Waals surface area contributed by atoms with Crippen LogP contribution < -0.4 is 4.90 Å². The van der Waals surface area contributed by atoms with E-state index >= 15 is 0 Å². The van der Waals surface area contributed by atoms with Crippen molar-refractivity contribution in [3.05, 3.63) is 23.8 Å². The summed E-state index contributed by atoms with van der Waals surface area (Å²) >= 11 is 0. The molecule has 0 atom stereocenters. The van der Waals surface area contributed by atoms with E-state index < -0.39 is 23.4 Å². The smallest absolute Gasteiger partial charge is 0.425 e. The minimum absolute atomic E-state index is 0.0437. The van der Waals surface area contributed by atoms with Gasteiger partial charge in [0.25, 0.3) is 0 Å². The molecule has 1 heterocycles. The third-order valence-corrected chi connectivity index (χ3v) is 2.97. The standard InChI is InChI=1S/C18H24N2O5/c1-11-8-9-13-12(10-11)14(19-25-13)20(15(21)23-17(2,3)4)16(22)24-18(5,6)7/h8-10H,1-7H3. The zero-order chi connectivity index (χ0) is 19.0. The van der Waals surface area contributed by atoms with Crippen molar-refractivity contribution in [2.24, 2.45) is 0 Å². The molecule has 0 radical (unpaired) electrons. The van der Waals surface area contributed by atoms with Crippen LogP contribution in [0.4, 0.5) is 15.4 Å². The average Bonchev–Trinajstić information content (AvgIpc) is 2.78. The summed E-state index contributed by atoms with van der Waals surface area (Å²) in [7, 11) is 0. The molecule has 2 aromatic rings. The molecular weight excluding hydrogens is 324 g/mol. The fourth-order valence-electron chi connectivity index (χ4n) is 2.06. The Bertz CT molecular complexity index is 768. The lowest BCUT2D eigenvalue weighted by Gasteiger charge is -2.27. The summed E-state index contributed by atoms with van der Waals surface area (Å²) in [4.78, 5) is 26.0. The maximum absolute atomic E-state index is 12.6. The molecule has 0 N–H and O–H groups in total. The van der Waals surface area contributed by atoms with Crippen LogP contribution in [0.25, 0.3) is 11.0 Å². The monoisotopic (exact) mass is 348 g/mol. The van der Waals surface area contributed by atoms with E-state index in [0.717, 1.165) is 10.5 Å². The normalized spacial score (nSPS) is 12.1. The number of amides is 2. The highest BCUT2D eigenvalue weighted by Crippen LogP contribution is 2.29. The van der Waals surface area contributed by atoms with Crippen molar-refractivity contribution < 1.29 is 23.6 Å². The molecule has 25 heavy (non-hydrogen) atoms. The molecule has 1 aromatic carbocycles. The van der Waals surface area contributed by atoms with Crippen LogP contribution in [0.5, 0.6) is 0 Å². The Morgan fingerprint density at radius 1 is 1.00 bits per heavy atom. The van der Waals surface area contributed by atoms with Crippen LogP contribution >= 0.6 is 0 Å². The van der Waals surface area contributed by atoms with Crippen molar-refractivity contribution in [3.8, 4) is 0 Å². The van der Waals surface area contributed by atoms with Gasteiger partial charge in [-0.05, 0) is 60.6 Å². The minimum atomic E-state index is -0.876. The van der Waals surface area contributed by atoms with Crippen molar-refractivity contribution in [2.45, 2.75) is 59.7 Å². The summed E-state index contributed by atoms with van der Waals surface area (Å²) in [6.07, 6.45) is -1.75. The quantitative estimate of drug-likeness (QED) is 0.735. The third kappa shape index (κ3) is 4.71. The van der Waals surface area contributed by atoms with Crippen LogP contribution in [0, 0.1) is 6.92 Å². The lowest BCUT2D eigenvalue weighted by molar-refractivity contribution is 0.0428. The van der Waals surface area contributed by atoms with Gasteiger partial charge in [0.2, 0.25) is 0 Å². The van der Waals surface area contributed by atoms with Gasteiger partial charge in [0, 0.05) is 0 Å². The molecule has 0 saturated carbocycles. The molecule has 0 spiro atoms. The number of nitrogens with zero attached hydrogens (tertiary/aromatic N) is 2. The highest BCUT2D eigenvalue weighted by atomic mass is 16.6. The van der Waals surface area contributed by atoms with Crippen LogP contribution in [-0.2, 0) is 9.47 Å². The summed E-state index contributed by atoms with van der Waals surface area (Å²) in [5.41, 5.74) is -0.178. The van der Waals surface area contributed by atoms with Gasteiger partial charge in [-0.25, -0.2) is 9.59 Å². The molecule has 0 bridgehead atoms. The van der Waals surface area contributed by atoms with Crippen molar-refractivity contribution in [2.75, 3.05) is 4.90 Å². The molecule has 2 amide bonds. The first-order valence-corrected chi connectivity index (χ1v) is 7.99. The summed E-state index contributed by atoms with van der Waals surface area (Å²) in [5.74, 6) is 0.0437. The molecule has 2 rings (SSSR count). The highest BCUT2D eigenvalue weighted by Gasteiger charge is 2.35. The van der Waals surface area contributed by atoms with Gasteiger partial charge in [0.15, 0.2) is 11.4 Å². The zero-order valence-electron chi connectivity index (χ0n) is 15.7. The maximum Gasteiger partial charge on any atom is 0.425 e. The highest BCUT2D eigenvalue weighted by molar-refractivity contribution is 6.13. The number of imide groups is 1. The predicted octanol–water partition coefficient (Wildman–Crippen LogP) is 4.81. The van der Waals surface area contributed by atoms with Crippen LogP contribution in [0.15, 0.2) is 22.7 Å². The first-order chi connectivity index (χ1) is 11.4. The van der Waals surface area contributed by atoms with Gasteiger partial charge in [0.1, 0.15) is 11.2 Å². The SMILES string of the molecule is Cc1ccc2onc(N(C(=O)OC(C)(C)C)C(=O)OC(C)(C)C)c2c1. The minimum Gasteiger partial charge on any atom is -0.443 e. The van der Waals surface area contributed by atoms with Crippen molar-refractivity contribution in [1.29, 1.82) is 0 Å². The molecule has 136 valence electrons. The number of carbonyl (C=O) groups excluding carboxylic acids is 2. The third-order valence-electron chi connectivity index (χ3n) is 2.97. The van der Waals surface area contributed by atoms with Crippen molar-refractivity contribution in [1.82, 2.24) is 5.16 Å². The Morgan fingerprint density at radius 3 is 2.00 bits per heavy atom. The Balaban J connectivity index is 2.51. The maximum atomic E-state index is 12.6. The molecule has 0 saturated heterocycles. The molecule has 0 aliphatic carbocycles. The van der Waals surface area contributed by atoms with Gasteiger partial charge in [-0.2, -0.15) is 4.90 Å². The van der Waals surface area contributed by atoms with Crippen LogP contribution in [-0.4, -0.2) is 28.5 Å². The number of hydrogen-bond acceptors (Lipinski definition) is 6. The average molecular weight is 348 g/mol. The van der Waals surface area contributed by atoms with Gasteiger partial charge >= 0.3 is 12.2 Å². The number of carbonyl (C=O) groups is 2. The second kappa shape index (κ2) is 6.38. The number of benzene rings is 1. The van der Waals surface area contributed by atoms with Gasteiger partial charge in [-0.1, -0.05) is 16.8 Å². The van der Waals surface area contributed by atoms with Gasteiger partial charge in [0.05, 0.1) is 5.39 Å². The topological polar surface area (TPSA) is 81.9 Å². The zero-order valence-corrected chi connectivity index (χ0v) is 15.7. The van der Waals surface area contributed by atoms with Crippen molar-refractivity contribution >= 4 is 29.0 Å². The number of aromatic nitrogens is 1. The fourth-order valence-corrected chi connectivity index (χ4v) is 2.06. The Labute approximate surface area is 146 Å². The lowest BCUT2D eigenvalue weighted by atomic mass is 10.2. The first-order valence-electron chi connectivity index (χ1n) is 7.99. The fraction of sp³-hybridized carbons (Fsp3) is 0.500. The lowest BCUT2D eigenvalue weighted by Crippen LogP contribution is -2.44. The summed E-state index contributed by atoms with van der Waals surface area (Å²) in [6, 6.07) is 5.36. The summed E-state index contributed by atoms with van der Waals surface area (Å²) in [6.45, 7) is 12.2. The molecule has 0 unspecified atom stereocenters.